The molecule has 2 heterocycles. The second-order valence-electron chi connectivity index (χ2n) is 9.01. The van der Waals surface area contributed by atoms with Gasteiger partial charge < -0.3 is 38.3 Å². The van der Waals surface area contributed by atoms with Crippen LogP contribution in [0.25, 0.3) is 0 Å². The van der Waals surface area contributed by atoms with E-state index in [1.807, 2.05) is 32.9 Å². The van der Waals surface area contributed by atoms with Crippen molar-refractivity contribution < 1.29 is 43.1 Å². The highest BCUT2D eigenvalue weighted by atomic mass is 16.7. The summed E-state index contributed by atoms with van der Waals surface area (Å²) in [4.78, 5) is 13.2. The van der Waals surface area contributed by atoms with Crippen LogP contribution in [0.3, 0.4) is 0 Å². The quantitative estimate of drug-likeness (QED) is 0.373. The summed E-state index contributed by atoms with van der Waals surface area (Å²) in [6.07, 6.45) is 4.11. The molecule has 1 aromatic rings. The van der Waals surface area contributed by atoms with E-state index < -0.39 is 24.0 Å². The molecule has 9 heteroatoms. The number of aliphatic hydroxyl groups excluding tert-OH is 1. The number of aliphatic hydroxyl groups is 1. The number of cyclic esters (lactones) is 1. The van der Waals surface area contributed by atoms with Crippen LogP contribution in [0.15, 0.2) is 24.3 Å². The number of carbonyl (C=O) groups excluding carboxylic acids is 1. The van der Waals surface area contributed by atoms with Crippen LogP contribution < -0.4 is 9.47 Å². The molecular weight excluding hydrogens is 444 g/mol. The number of methoxy groups -OCH3 is 2. The highest BCUT2D eigenvalue weighted by Gasteiger charge is 2.40. The maximum absolute atomic E-state index is 13.2. The van der Waals surface area contributed by atoms with Gasteiger partial charge in [0.25, 0.3) is 0 Å². The Bertz CT molecular complexity index is 851. The highest BCUT2D eigenvalue weighted by molar-refractivity contribution is 5.94. The molecule has 2 aliphatic heterocycles. The predicted molar refractivity (Wildman–Crippen MR) is 123 cm³/mol. The molecule has 0 saturated carbocycles. The summed E-state index contributed by atoms with van der Waals surface area (Å²) in [6, 6.07) is 3.30. The molecule has 0 aromatic heterocycles. The van der Waals surface area contributed by atoms with Gasteiger partial charge in [-0.2, -0.15) is 0 Å². The smallest absolute Gasteiger partial charge is 0.342 e. The van der Waals surface area contributed by atoms with E-state index in [1.54, 1.807) is 12.1 Å². The van der Waals surface area contributed by atoms with Crippen molar-refractivity contribution in [2.45, 2.75) is 76.7 Å². The van der Waals surface area contributed by atoms with Crippen molar-refractivity contribution in [2.24, 2.45) is 0 Å². The average molecular weight is 481 g/mol. The topological polar surface area (TPSA) is 102 Å². The minimum atomic E-state index is -0.739. The van der Waals surface area contributed by atoms with Crippen LogP contribution in [0.4, 0.5) is 0 Å². The van der Waals surface area contributed by atoms with E-state index in [0.717, 1.165) is 0 Å². The number of esters is 1. The van der Waals surface area contributed by atoms with Crippen LogP contribution in [0, 0.1) is 0 Å². The van der Waals surface area contributed by atoms with Gasteiger partial charge in [-0.25, -0.2) is 4.79 Å². The molecule has 0 aliphatic carbocycles. The van der Waals surface area contributed by atoms with Crippen molar-refractivity contribution in [3.63, 3.8) is 0 Å². The number of fused-ring (bicyclic) bond motifs is 2. The lowest BCUT2D eigenvalue weighted by molar-refractivity contribution is -0.144. The molecule has 0 unspecified atom stereocenters. The van der Waals surface area contributed by atoms with Gasteiger partial charge in [0, 0.05) is 26.7 Å². The Morgan fingerprint density at radius 2 is 1.82 bits per heavy atom. The first-order valence-electron chi connectivity index (χ1n) is 11.5. The van der Waals surface area contributed by atoms with Crippen molar-refractivity contribution in [1.82, 2.24) is 0 Å². The number of benzene rings is 1. The Kier molecular flexibility index (Phi) is 9.32. The third-order valence-electron chi connectivity index (χ3n) is 5.60. The highest BCUT2D eigenvalue weighted by Crippen LogP contribution is 2.34. The van der Waals surface area contributed by atoms with Crippen LogP contribution in [-0.2, 0) is 30.1 Å². The second-order valence-corrected chi connectivity index (χ2v) is 9.01. The van der Waals surface area contributed by atoms with Gasteiger partial charge in [0.1, 0.15) is 29.3 Å². The van der Waals surface area contributed by atoms with Gasteiger partial charge in [-0.05, 0) is 51.7 Å². The fourth-order valence-corrected chi connectivity index (χ4v) is 4.14. The second kappa shape index (κ2) is 12.0. The van der Waals surface area contributed by atoms with Crippen LogP contribution in [0.5, 0.6) is 11.5 Å². The summed E-state index contributed by atoms with van der Waals surface area (Å²) in [5.41, 5.74) is 0.797. The van der Waals surface area contributed by atoms with Crippen LogP contribution >= 0.6 is 0 Å². The first kappa shape index (κ1) is 26.4. The Morgan fingerprint density at radius 3 is 2.56 bits per heavy atom. The summed E-state index contributed by atoms with van der Waals surface area (Å²) >= 11 is 0. The summed E-state index contributed by atoms with van der Waals surface area (Å²) in [5, 5.41) is 10.9. The molecule has 3 rings (SSSR count). The van der Waals surface area contributed by atoms with Crippen molar-refractivity contribution in [1.29, 1.82) is 0 Å². The Morgan fingerprint density at radius 1 is 1.09 bits per heavy atom. The maximum atomic E-state index is 13.2. The van der Waals surface area contributed by atoms with Gasteiger partial charge in [-0.3, -0.25) is 0 Å². The number of hydrogen-bond acceptors (Lipinski definition) is 9. The lowest BCUT2D eigenvalue weighted by atomic mass is 9.96. The van der Waals surface area contributed by atoms with Crippen LogP contribution in [0.1, 0.15) is 56.0 Å². The molecule has 1 aromatic carbocycles. The molecule has 1 saturated heterocycles. The number of rotatable bonds is 6. The van der Waals surface area contributed by atoms with Gasteiger partial charge in [0.15, 0.2) is 19.4 Å². The molecule has 190 valence electrons. The lowest BCUT2D eigenvalue weighted by Crippen LogP contribution is -2.25. The summed E-state index contributed by atoms with van der Waals surface area (Å²) in [6.45, 7) is 5.53. The molecule has 34 heavy (non-hydrogen) atoms. The largest absolute Gasteiger partial charge is 0.467 e. The fraction of sp³-hybridized carbons (Fsp3) is 0.640. The zero-order chi connectivity index (χ0) is 24.7. The zero-order valence-corrected chi connectivity index (χ0v) is 20.6. The zero-order valence-electron chi connectivity index (χ0n) is 20.6. The fourth-order valence-electron chi connectivity index (χ4n) is 4.14. The van der Waals surface area contributed by atoms with E-state index in [2.05, 4.69) is 0 Å². The lowest BCUT2D eigenvalue weighted by Gasteiger charge is -2.22. The molecule has 0 amide bonds. The Balaban J connectivity index is 1.95. The summed E-state index contributed by atoms with van der Waals surface area (Å²) in [7, 11) is 3.01. The predicted octanol–water partition coefficient (Wildman–Crippen LogP) is 3.36. The molecule has 1 N–H and O–H groups in total. The maximum Gasteiger partial charge on any atom is 0.342 e. The third kappa shape index (κ3) is 7.16. The summed E-state index contributed by atoms with van der Waals surface area (Å²) < 4.78 is 39.1. The molecule has 0 radical (unpaired) electrons. The monoisotopic (exact) mass is 480 g/mol. The molecule has 2 aliphatic rings. The summed E-state index contributed by atoms with van der Waals surface area (Å²) in [5.74, 6) is -0.543. The van der Waals surface area contributed by atoms with Gasteiger partial charge in [-0.15, -0.1) is 0 Å². The van der Waals surface area contributed by atoms with E-state index in [9.17, 15) is 9.90 Å². The van der Waals surface area contributed by atoms with E-state index in [0.29, 0.717) is 30.6 Å². The molecular formula is C25H36O9. The average Bonchev–Trinajstić information content (AvgIpc) is 3.07. The minimum Gasteiger partial charge on any atom is -0.467 e. The molecule has 1 fully saturated rings. The Labute approximate surface area is 200 Å². The van der Waals surface area contributed by atoms with Crippen molar-refractivity contribution in [3.05, 3.63) is 35.4 Å². The SMILES string of the molecule is COCOc1cc2c(c(OCOC)c1)C(=O)O[C@@H](C)CC=C[C@H]1OC(C)(C)O[C@H]1CC[C@H](O)C2. The number of hydrogen-bond donors (Lipinski definition) is 1. The first-order chi connectivity index (χ1) is 16.2. The van der Waals surface area contributed by atoms with E-state index >= 15 is 0 Å². The Hall–Kier alpha value is -2.17. The minimum absolute atomic E-state index is 0.0229. The van der Waals surface area contributed by atoms with Crippen LogP contribution in [0.2, 0.25) is 0 Å². The molecule has 9 nitrogen and oxygen atoms in total. The van der Waals surface area contributed by atoms with Crippen LogP contribution in [-0.4, -0.2) is 69.1 Å². The van der Waals surface area contributed by atoms with Gasteiger partial charge in [0.05, 0.1) is 12.2 Å². The first-order valence-corrected chi connectivity index (χ1v) is 11.5. The van der Waals surface area contributed by atoms with Crippen molar-refractivity contribution in [3.8, 4) is 11.5 Å². The van der Waals surface area contributed by atoms with Gasteiger partial charge >= 0.3 is 5.97 Å². The molecule has 4 atom stereocenters. The van der Waals surface area contributed by atoms with Gasteiger partial charge in [0.2, 0.25) is 0 Å². The van der Waals surface area contributed by atoms with Crippen molar-refractivity contribution in [2.75, 3.05) is 27.8 Å². The standard InChI is InChI=1S/C25H36O9/c1-16-7-6-8-20-21(34-25(2,3)33-20)10-9-18(26)11-17-12-19(30-14-28-4)13-22(31-15-29-5)23(17)24(27)32-16/h6,8,12-13,16,18,20-21,26H,7,9-11,14-15H2,1-5H3/t16-,18-,20+,21-/m0/s1. The number of carbonyl (C=O) groups is 1. The number of ether oxygens (including phenoxy) is 7. The van der Waals surface area contributed by atoms with Crippen molar-refractivity contribution >= 4 is 5.97 Å². The third-order valence-corrected chi connectivity index (χ3v) is 5.60. The van der Waals surface area contributed by atoms with E-state index in [-0.39, 0.29) is 43.5 Å². The van der Waals surface area contributed by atoms with E-state index in [1.165, 1.54) is 14.2 Å². The van der Waals surface area contributed by atoms with E-state index in [4.69, 9.17) is 33.2 Å². The molecule has 0 bridgehead atoms. The molecule has 0 spiro atoms. The normalized spacial score (nSPS) is 27.3. The van der Waals surface area contributed by atoms with Gasteiger partial charge in [-0.1, -0.05) is 12.2 Å².